The van der Waals surface area contributed by atoms with Crippen molar-refractivity contribution in [3.63, 3.8) is 0 Å². The number of benzene rings is 1. The molecule has 196 valence electrons. The van der Waals surface area contributed by atoms with Crippen LogP contribution in [0.4, 0.5) is 4.39 Å². The van der Waals surface area contributed by atoms with Crippen molar-refractivity contribution in [1.29, 1.82) is 0 Å². The summed E-state index contributed by atoms with van der Waals surface area (Å²) in [6.07, 6.45) is -2.70. The van der Waals surface area contributed by atoms with Crippen molar-refractivity contribution in [1.82, 2.24) is 14.6 Å². The third kappa shape index (κ3) is 6.44. The first kappa shape index (κ1) is 28.1. The molecule has 1 aliphatic rings. The molecule has 2 heterocycles. The minimum absolute atomic E-state index is 0.0315. The highest BCUT2D eigenvalue weighted by atomic mass is 35.5. The molecule has 2 aromatic rings. The van der Waals surface area contributed by atoms with Gasteiger partial charge in [-0.2, -0.15) is 5.09 Å². The molecule has 0 amide bonds. The summed E-state index contributed by atoms with van der Waals surface area (Å²) >= 11 is 6.49. The van der Waals surface area contributed by atoms with E-state index in [1.165, 1.54) is 26.9 Å². The average Bonchev–Trinajstić information content (AvgIpc) is 3.03. The van der Waals surface area contributed by atoms with E-state index >= 15 is 0 Å². The lowest BCUT2D eigenvalue weighted by Crippen LogP contribution is -2.45. The molecular weight excluding hydrogens is 522 g/mol. The Labute approximate surface area is 210 Å². The molecule has 0 spiro atoms. The van der Waals surface area contributed by atoms with Gasteiger partial charge in [0.25, 0.3) is 5.56 Å². The van der Waals surface area contributed by atoms with Crippen LogP contribution >= 0.6 is 19.3 Å². The summed E-state index contributed by atoms with van der Waals surface area (Å²) in [5.41, 5.74) is -1.45. The predicted molar refractivity (Wildman–Crippen MR) is 128 cm³/mol. The van der Waals surface area contributed by atoms with E-state index in [4.69, 9.17) is 30.1 Å². The number of carbonyl (C=O) groups excluding carboxylic acids is 1. The molecule has 1 aromatic carbocycles. The van der Waals surface area contributed by atoms with Crippen LogP contribution in [-0.4, -0.2) is 64.7 Å². The van der Waals surface area contributed by atoms with Crippen molar-refractivity contribution >= 4 is 33.2 Å². The Balaban J connectivity index is 1.81. The number of aromatic amines is 1. The fraction of sp³-hybridized carbons (Fsp3) is 0.450. The number of aromatic nitrogens is 2. The van der Waals surface area contributed by atoms with Gasteiger partial charge in [-0.15, -0.1) is 11.6 Å². The molecule has 0 unspecified atom stereocenters. The van der Waals surface area contributed by atoms with E-state index in [1.54, 1.807) is 6.92 Å². The number of H-pyrrole nitrogens is 1. The smallest absolute Gasteiger partial charge is 0.459 e. The molecule has 1 saturated heterocycles. The van der Waals surface area contributed by atoms with Crippen molar-refractivity contribution in [2.45, 2.75) is 43.1 Å². The van der Waals surface area contributed by atoms with Crippen LogP contribution in [0.2, 0.25) is 0 Å². The number of aliphatic hydroxyl groups excluding tert-OH is 1. The number of carbonyl (C=O) groups is 1. The van der Waals surface area contributed by atoms with Crippen LogP contribution in [0, 0.1) is 5.82 Å². The van der Waals surface area contributed by atoms with Gasteiger partial charge in [-0.3, -0.25) is 23.7 Å². The van der Waals surface area contributed by atoms with Gasteiger partial charge in [-0.05, 0) is 38.1 Å². The van der Waals surface area contributed by atoms with Crippen LogP contribution in [0.15, 0.2) is 46.1 Å². The second-order valence-electron chi connectivity index (χ2n) is 8.08. The molecule has 1 aliphatic heterocycles. The predicted octanol–water partition coefficient (Wildman–Crippen LogP) is 0.247. The summed E-state index contributed by atoms with van der Waals surface area (Å²) in [7, 11) is -2.93. The van der Waals surface area contributed by atoms with Gasteiger partial charge in [0.1, 0.15) is 31.6 Å². The molecule has 0 bridgehead atoms. The Morgan fingerprint density at radius 3 is 2.67 bits per heavy atom. The van der Waals surface area contributed by atoms with Crippen molar-refractivity contribution in [2.75, 3.05) is 13.2 Å². The lowest BCUT2D eigenvalue weighted by atomic mass is 9.79. The highest BCUT2D eigenvalue weighted by Gasteiger charge is 2.53. The zero-order chi connectivity index (χ0) is 26.7. The maximum Gasteiger partial charge on any atom is 0.459 e. The topological polar surface area (TPSA) is 158 Å². The van der Waals surface area contributed by atoms with Gasteiger partial charge >= 0.3 is 19.4 Å². The van der Waals surface area contributed by atoms with Gasteiger partial charge in [0, 0.05) is 12.3 Å². The maximum absolute atomic E-state index is 13.5. The standard InChI is InChI=1S/C20H25BClFN3O9P/c1-3-32-17(29)11(2)25-36(31,35-13-6-4-12(23)5-7-13)33-10-14-16(28)20(21,22)18(34-14)26-9-8-15(27)24-19(26)30/h4-9,11,14,16,18,28H,3,10,21H2,1-2H3,(H,25,31)(H,24,27,30)/t11-,14+,16+,18+,20-,36-/m0/s1. The molecule has 3 rings (SSSR count). The van der Waals surface area contributed by atoms with E-state index in [-0.39, 0.29) is 12.4 Å². The summed E-state index contributed by atoms with van der Waals surface area (Å²) < 4.78 is 47.8. The van der Waals surface area contributed by atoms with E-state index in [9.17, 15) is 28.4 Å². The van der Waals surface area contributed by atoms with Gasteiger partial charge in [0.05, 0.1) is 24.1 Å². The lowest BCUT2D eigenvalue weighted by molar-refractivity contribution is -0.144. The lowest BCUT2D eigenvalue weighted by Gasteiger charge is -2.26. The Hall–Kier alpha value is -2.48. The summed E-state index contributed by atoms with van der Waals surface area (Å²) in [4.78, 5) is 37.7. The summed E-state index contributed by atoms with van der Waals surface area (Å²) in [5, 5.41) is 13.2. The van der Waals surface area contributed by atoms with Gasteiger partial charge in [0.2, 0.25) is 0 Å². The Kier molecular flexibility index (Phi) is 8.81. The minimum atomic E-state index is -4.34. The van der Waals surface area contributed by atoms with Gasteiger partial charge < -0.3 is 19.1 Å². The van der Waals surface area contributed by atoms with Crippen molar-refractivity contribution in [3.05, 3.63) is 63.2 Å². The third-order valence-corrected chi connectivity index (χ3v) is 7.31. The molecule has 12 nitrogen and oxygen atoms in total. The number of hydrogen-bond acceptors (Lipinski definition) is 9. The average molecular weight is 548 g/mol. The number of aliphatic hydroxyl groups is 1. The maximum atomic E-state index is 13.5. The number of rotatable bonds is 10. The SMILES string of the molecule is B[C@]1(Cl)[C@H](O)[C@@H](CO[P@@](=O)(N[C@@H](C)C(=O)OCC)Oc2ccc(F)cc2)O[C@H]1n1ccc(=O)[nH]c1=O. The van der Waals surface area contributed by atoms with E-state index in [0.717, 1.165) is 29.0 Å². The van der Waals surface area contributed by atoms with Crippen molar-refractivity contribution in [2.24, 2.45) is 0 Å². The second-order valence-corrected chi connectivity index (χ2v) is 10.6. The van der Waals surface area contributed by atoms with E-state index in [0.29, 0.717) is 0 Å². The van der Waals surface area contributed by atoms with Crippen LogP contribution in [0.5, 0.6) is 5.75 Å². The highest BCUT2D eigenvalue weighted by Crippen LogP contribution is 2.47. The van der Waals surface area contributed by atoms with Gasteiger partial charge in [-0.1, -0.05) is 0 Å². The quantitative estimate of drug-likeness (QED) is 0.163. The van der Waals surface area contributed by atoms with Gasteiger partial charge in [-0.25, -0.2) is 13.8 Å². The van der Waals surface area contributed by atoms with E-state index in [1.807, 2.05) is 0 Å². The fourth-order valence-electron chi connectivity index (χ4n) is 3.42. The molecule has 0 aliphatic carbocycles. The molecule has 0 saturated carbocycles. The number of ether oxygens (including phenoxy) is 2. The molecule has 3 N–H and O–H groups in total. The van der Waals surface area contributed by atoms with E-state index < -0.39 is 66.6 Å². The zero-order valence-corrected chi connectivity index (χ0v) is 21.2. The molecule has 36 heavy (non-hydrogen) atoms. The van der Waals surface area contributed by atoms with Crippen LogP contribution in [0.3, 0.4) is 0 Å². The largest absolute Gasteiger partial charge is 0.465 e. The van der Waals surface area contributed by atoms with Crippen LogP contribution in [0.1, 0.15) is 20.1 Å². The Morgan fingerprint density at radius 2 is 2.06 bits per heavy atom. The van der Waals surface area contributed by atoms with Crippen LogP contribution in [0.25, 0.3) is 0 Å². The number of alkyl halides is 1. The number of halogens is 2. The number of hydrogen-bond donors (Lipinski definition) is 3. The van der Waals surface area contributed by atoms with Crippen LogP contribution in [-0.2, 0) is 23.4 Å². The third-order valence-electron chi connectivity index (χ3n) is 5.26. The molecule has 16 heteroatoms. The normalized spacial score (nSPS) is 26.2. The second kappa shape index (κ2) is 11.3. The molecule has 1 fully saturated rings. The minimum Gasteiger partial charge on any atom is -0.465 e. The Bertz CT molecular complexity index is 1240. The first-order valence-corrected chi connectivity index (χ1v) is 12.8. The summed E-state index contributed by atoms with van der Waals surface area (Å²) in [5.74, 6) is -1.32. The first-order chi connectivity index (χ1) is 16.9. The van der Waals surface area contributed by atoms with Crippen molar-refractivity contribution < 1.29 is 37.4 Å². The number of nitrogens with zero attached hydrogens (tertiary/aromatic N) is 1. The molecule has 0 radical (unpaired) electrons. The highest BCUT2D eigenvalue weighted by molar-refractivity contribution is 7.52. The summed E-state index contributed by atoms with van der Waals surface area (Å²) in [6, 6.07) is 4.51. The van der Waals surface area contributed by atoms with E-state index in [2.05, 4.69) is 10.1 Å². The molecule has 6 atom stereocenters. The summed E-state index contributed by atoms with van der Waals surface area (Å²) in [6.45, 7) is 2.50. The number of nitrogens with one attached hydrogen (secondary N) is 2. The number of esters is 1. The van der Waals surface area contributed by atoms with Crippen molar-refractivity contribution in [3.8, 4) is 5.75 Å². The molecule has 1 aromatic heterocycles. The first-order valence-electron chi connectivity index (χ1n) is 10.8. The van der Waals surface area contributed by atoms with Crippen LogP contribution < -0.4 is 20.9 Å². The zero-order valence-electron chi connectivity index (χ0n) is 19.6. The van der Waals surface area contributed by atoms with Gasteiger partial charge in [0.15, 0.2) is 6.23 Å². The monoisotopic (exact) mass is 547 g/mol. The fourth-order valence-corrected chi connectivity index (χ4v) is 5.21. The molecular formula is C20H25BClFN3O9P. The Morgan fingerprint density at radius 1 is 1.39 bits per heavy atom.